The minimum Gasteiger partial charge on any atom is -0.497 e. The van der Waals surface area contributed by atoms with Crippen LogP contribution in [0.5, 0.6) is 11.5 Å². The Morgan fingerprint density at radius 1 is 1.22 bits per heavy atom. The fraction of sp³-hybridized carbons (Fsp3) is 0.294. The van der Waals surface area contributed by atoms with Crippen molar-refractivity contribution in [1.29, 1.82) is 0 Å². The molecule has 0 fully saturated rings. The number of hydrogen-bond donors (Lipinski definition) is 1. The maximum atomic E-state index is 12.8. The van der Waals surface area contributed by atoms with Crippen molar-refractivity contribution in [3.63, 3.8) is 0 Å². The molecule has 9 nitrogen and oxygen atoms in total. The van der Waals surface area contributed by atoms with Gasteiger partial charge in [-0.05, 0) is 26.0 Å². The fourth-order valence-electron chi connectivity index (χ4n) is 2.60. The molecule has 0 saturated carbocycles. The van der Waals surface area contributed by atoms with Gasteiger partial charge in [0.25, 0.3) is 10.0 Å². The molecular weight excluding hydrogens is 372 g/mol. The van der Waals surface area contributed by atoms with Crippen molar-refractivity contribution >= 4 is 15.7 Å². The predicted molar refractivity (Wildman–Crippen MR) is 97.7 cm³/mol. The number of aryl methyl sites for hydroxylation is 2. The van der Waals surface area contributed by atoms with E-state index in [1.165, 1.54) is 32.5 Å². The zero-order chi connectivity index (χ0) is 19.6. The first-order valence-electron chi connectivity index (χ1n) is 8.03. The van der Waals surface area contributed by atoms with Crippen LogP contribution < -0.4 is 14.2 Å². The van der Waals surface area contributed by atoms with Gasteiger partial charge < -0.3 is 14.0 Å². The average molecular weight is 392 g/mol. The summed E-state index contributed by atoms with van der Waals surface area (Å²) in [6, 6.07) is 4.56. The van der Waals surface area contributed by atoms with Gasteiger partial charge in [-0.2, -0.15) is 5.10 Å². The van der Waals surface area contributed by atoms with Gasteiger partial charge in [0.2, 0.25) is 0 Å². The van der Waals surface area contributed by atoms with Crippen LogP contribution in [-0.4, -0.2) is 37.6 Å². The molecular formula is C17H20N4O5S. The molecule has 1 N–H and O–H groups in total. The summed E-state index contributed by atoms with van der Waals surface area (Å²) in [6.07, 6.45) is 3.03. The van der Waals surface area contributed by atoms with Crippen LogP contribution in [0.2, 0.25) is 0 Å². The largest absolute Gasteiger partial charge is 0.497 e. The smallest absolute Gasteiger partial charge is 0.265 e. The van der Waals surface area contributed by atoms with Crippen molar-refractivity contribution in [2.24, 2.45) is 0 Å². The van der Waals surface area contributed by atoms with Gasteiger partial charge in [0, 0.05) is 17.8 Å². The first kappa shape index (κ1) is 18.8. The summed E-state index contributed by atoms with van der Waals surface area (Å²) in [5.41, 5.74) is 2.00. The second-order valence-electron chi connectivity index (χ2n) is 5.85. The molecule has 3 rings (SSSR count). The van der Waals surface area contributed by atoms with E-state index in [1.54, 1.807) is 16.9 Å². The second-order valence-corrected chi connectivity index (χ2v) is 7.50. The topological polar surface area (TPSA) is 108 Å². The number of sulfonamides is 1. The number of anilines is 1. The third-order valence-corrected chi connectivity index (χ3v) is 5.45. The molecule has 0 aliphatic carbocycles. The number of methoxy groups -OCH3 is 2. The summed E-state index contributed by atoms with van der Waals surface area (Å²) < 4.78 is 45.1. The minimum absolute atomic E-state index is 0.0252. The van der Waals surface area contributed by atoms with Crippen molar-refractivity contribution in [3.8, 4) is 11.5 Å². The highest BCUT2D eigenvalue weighted by Crippen LogP contribution is 2.29. The normalized spacial score (nSPS) is 11.4. The maximum absolute atomic E-state index is 12.8. The van der Waals surface area contributed by atoms with E-state index in [-0.39, 0.29) is 10.6 Å². The molecule has 0 saturated heterocycles. The van der Waals surface area contributed by atoms with Crippen molar-refractivity contribution in [2.45, 2.75) is 25.3 Å². The third-order valence-electron chi connectivity index (χ3n) is 4.05. The maximum Gasteiger partial charge on any atom is 0.265 e. The summed E-state index contributed by atoms with van der Waals surface area (Å²) >= 11 is 0. The van der Waals surface area contributed by atoms with E-state index < -0.39 is 10.0 Å². The van der Waals surface area contributed by atoms with E-state index in [4.69, 9.17) is 14.0 Å². The summed E-state index contributed by atoms with van der Waals surface area (Å²) in [7, 11) is -1.02. The fourth-order valence-corrected chi connectivity index (χ4v) is 3.81. The standard InChI is InChI=1S/C17H20N4O5S/c1-11-15(12(2)26-19-11)10-21-9-13(8-18-21)20-27(22,23)17-7-14(24-3)5-6-16(17)25-4/h5-9,20H,10H2,1-4H3. The Kier molecular flexibility index (Phi) is 5.08. The number of benzene rings is 1. The molecule has 0 spiro atoms. The molecule has 144 valence electrons. The average Bonchev–Trinajstić information content (AvgIpc) is 3.22. The van der Waals surface area contributed by atoms with Crippen LogP contribution in [0.1, 0.15) is 17.0 Å². The molecule has 2 aromatic heterocycles. The lowest BCUT2D eigenvalue weighted by Crippen LogP contribution is -2.14. The van der Waals surface area contributed by atoms with Crippen LogP contribution in [-0.2, 0) is 16.6 Å². The molecule has 0 bridgehead atoms. The van der Waals surface area contributed by atoms with Crippen molar-refractivity contribution in [3.05, 3.63) is 47.6 Å². The number of ether oxygens (including phenoxy) is 2. The number of rotatable bonds is 7. The van der Waals surface area contributed by atoms with Gasteiger partial charge in [-0.15, -0.1) is 0 Å². The van der Waals surface area contributed by atoms with Crippen LogP contribution in [0.3, 0.4) is 0 Å². The van der Waals surface area contributed by atoms with E-state index in [0.717, 1.165) is 11.3 Å². The molecule has 3 aromatic rings. The molecule has 0 aliphatic heterocycles. The van der Waals surface area contributed by atoms with E-state index in [1.807, 2.05) is 13.8 Å². The highest BCUT2D eigenvalue weighted by molar-refractivity contribution is 7.92. The Labute approximate surface area is 156 Å². The van der Waals surface area contributed by atoms with E-state index in [2.05, 4.69) is 15.0 Å². The van der Waals surface area contributed by atoms with Crippen molar-refractivity contribution in [1.82, 2.24) is 14.9 Å². The van der Waals surface area contributed by atoms with Crippen LogP contribution >= 0.6 is 0 Å². The second kappa shape index (κ2) is 7.31. The van der Waals surface area contributed by atoms with Crippen molar-refractivity contribution in [2.75, 3.05) is 18.9 Å². The van der Waals surface area contributed by atoms with E-state index in [9.17, 15) is 8.42 Å². The summed E-state index contributed by atoms with van der Waals surface area (Å²) in [4.78, 5) is -0.0252. The highest BCUT2D eigenvalue weighted by atomic mass is 32.2. The van der Waals surface area contributed by atoms with Crippen molar-refractivity contribution < 1.29 is 22.4 Å². The SMILES string of the molecule is COc1ccc(OC)c(S(=O)(=O)Nc2cnn(Cc3c(C)noc3C)c2)c1. The molecule has 0 atom stereocenters. The first-order chi connectivity index (χ1) is 12.8. The summed E-state index contributed by atoms with van der Waals surface area (Å²) in [5.74, 6) is 1.32. The Morgan fingerprint density at radius 3 is 2.63 bits per heavy atom. The Balaban J connectivity index is 1.84. The van der Waals surface area contributed by atoms with Crippen LogP contribution in [0.4, 0.5) is 5.69 Å². The monoisotopic (exact) mass is 392 g/mol. The lowest BCUT2D eigenvalue weighted by atomic mass is 10.2. The molecule has 2 heterocycles. The highest BCUT2D eigenvalue weighted by Gasteiger charge is 2.21. The van der Waals surface area contributed by atoms with Gasteiger partial charge in [0.05, 0.1) is 38.3 Å². The summed E-state index contributed by atoms with van der Waals surface area (Å²) in [6.45, 7) is 4.08. The van der Waals surface area contributed by atoms with Gasteiger partial charge in [-0.25, -0.2) is 8.42 Å². The zero-order valence-electron chi connectivity index (χ0n) is 15.4. The zero-order valence-corrected chi connectivity index (χ0v) is 16.2. The molecule has 0 amide bonds. The molecule has 1 aromatic carbocycles. The quantitative estimate of drug-likeness (QED) is 0.657. The van der Waals surface area contributed by atoms with Gasteiger partial charge in [-0.3, -0.25) is 9.40 Å². The van der Waals surface area contributed by atoms with Gasteiger partial charge in [-0.1, -0.05) is 5.16 Å². The Hall–Kier alpha value is -3.01. The van der Waals surface area contributed by atoms with Gasteiger partial charge >= 0.3 is 0 Å². The molecule has 10 heteroatoms. The minimum atomic E-state index is -3.89. The van der Waals surface area contributed by atoms with E-state index in [0.29, 0.717) is 23.7 Å². The van der Waals surface area contributed by atoms with E-state index >= 15 is 0 Å². The van der Waals surface area contributed by atoms with Crippen LogP contribution in [0, 0.1) is 13.8 Å². The number of hydrogen-bond acceptors (Lipinski definition) is 7. The predicted octanol–water partition coefficient (Wildman–Crippen LogP) is 2.35. The van der Waals surface area contributed by atoms with Crippen LogP contribution in [0.15, 0.2) is 40.0 Å². The van der Waals surface area contributed by atoms with Gasteiger partial charge in [0.15, 0.2) is 0 Å². The molecule has 0 unspecified atom stereocenters. The lowest BCUT2D eigenvalue weighted by molar-refractivity contribution is 0.391. The number of nitrogens with one attached hydrogen (secondary N) is 1. The van der Waals surface area contributed by atoms with Gasteiger partial charge in [0.1, 0.15) is 22.2 Å². The lowest BCUT2D eigenvalue weighted by Gasteiger charge is -2.11. The number of aromatic nitrogens is 3. The first-order valence-corrected chi connectivity index (χ1v) is 9.51. The Morgan fingerprint density at radius 2 is 2.00 bits per heavy atom. The Bertz CT molecular complexity index is 1040. The third kappa shape index (κ3) is 3.90. The molecule has 27 heavy (non-hydrogen) atoms. The number of nitrogens with zero attached hydrogens (tertiary/aromatic N) is 3. The summed E-state index contributed by atoms with van der Waals surface area (Å²) in [5, 5.41) is 8.09. The van der Waals surface area contributed by atoms with Crippen LogP contribution in [0.25, 0.3) is 0 Å². The molecule has 0 aliphatic rings. The molecule has 0 radical (unpaired) electrons.